The van der Waals surface area contributed by atoms with Gasteiger partial charge in [-0.2, -0.15) is 0 Å². The summed E-state index contributed by atoms with van der Waals surface area (Å²) in [5.74, 6) is 0. The fourth-order valence-corrected chi connectivity index (χ4v) is 2.23. The van der Waals surface area contributed by atoms with E-state index in [0.717, 1.165) is 31.4 Å². The average Bonchev–Trinajstić information content (AvgIpc) is 2.41. The molecule has 1 aliphatic carbocycles. The first kappa shape index (κ1) is 9.66. The quantitative estimate of drug-likeness (QED) is 0.691. The average molecular weight is 191 g/mol. The number of aromatic nitrogens is 1. The van der Waals surface area contributed by atoms with Gasteiger partial charge in [0.1, 0.15) is 0 Å². The summed E-state index contributed by atoms with van der Waals surface area (Å²) in [6.45, 7) is 2.16. The molecule has 0 saturated carbocycles. The highest BCUT2D eigenvalue weighted by Gasteiger charge is 2.19. The van der Waals surface area contributed by atoms with Gasteiger partial charge in [0.05, 0.1) is 11.8 Å². The van der Waals surface area contributed by atoms with Crippen LogP contribution in [0.1, 0.15) is 49.1 Å². The summed E-state index contributed by atoms with van der Waals surface area (Å²) in [6, 6.07) is 2.08. The lowest BCUT2D eigenvalue weighted by atomic mass is 10.00. The van der Waals surface area contributed by atoms with Crippen molar-refractivity contribution < 1.29 is 5.11 Å². The number of fused-ring (bicyclic) bond motifs is 1. The van der Waals surface area contributed by atoms with Crippen molar-refractivity contribution in [2.24, 2.45) is 0 Å². The SMILES string of the molecule is CCc1ccnc2c1CCCCC2O. The van der Waals surface area contributed by atoms with Gasteiger partial charge in [0, 0.05) is 6.20 Å². The summed E-state index contributed by atoms with van der Waals surface area (Å²) < 4.78 is 0. The van der Waals surface area contributed by atoms with E-state index in [2.05, 4.69) is 18.0 Å². The molecule has 0 aliphatic heterocycles. The number of aliphatic hydroxyl groups is 1. The van der Waals surface area contributed by atoms with Gasteiger partial charge < -0.3 is 5.11 Å². The maximum atomic E-state index is 9.90. The van der Waals surface area contributed by atoms with Crippen LogP contribution < -0.4 is 0 Å². The van der Waals surface area contributed by atoms with Crippen molar-refractivity contribution in [1.29, 1.82) is 0 Å². The van der Waals surface area contributed by atoms with Crippen LogP contribution in [-0.2, 0) is 12.8 Å². The normalized spacial score (nSPS) is 21.4. The molecule has 2 rings (SSSR count). The Hall–Kier alpha value is -0.890. The molecule has 2 heteroatoms. The first-order chi connectivity index (χ1) is 6.83. The molecule has 0 amide bonds. The minimum Gasteiger partial charge on any atom is -0.387 e. The Morgan fingerprint density at radius 2 is 2.36 bits per heavy atom. The Labute approximate surface area is 85.0 Å². The molecule has 1 aromatic rings. The van der Waals surface area contributed by atoms with Crippen LogP contribution in [0.2, 0.25) is 0 Å². The highest BCUT2D eigenvalue weighted by molar-refractivity contribution is 5.32. The summed E-state index contributed by atoms with van der Waals surface area (Å²) >= 11 is 0. The zero-order chi connectivity index (χ0) is 9.97. The maximum Gasteiger partial charge on any atom is 0.0962 e. The molecular formula is C12H17NO. The number of aliphatic hydroxyl groups excluding tert-OH is 1. The molecule has 0 saturated heterocycles. The maximum absolute atomic E-state index is 9.90. The number of pyridine rings is 1. The molecule has 76 valence electrons. The third-order valence-corrected chi connectivity index (χ3v) is 3.04. The van der Waals surface area contributed by atoms with Crippen LogP contribution in [0.3, 0.4) is 0 Å². The molecule has 1 N–H and O–H groups in total. The Kier molecular flexibility index (Phi) is 2.82. The van der Waals surface area contributed by atoms with E-state index in [0.29, 0.717) is 0 Å². The van der Waals surface area contributed by atoms with Gasteiger partial charge in [0.25, 0.3) is 0 Å². The van der Waals surface area contributed by atoms with E-state index in [1.165, 1.54) is 17.5 Å². The Bertz CT molecular complexity index is 322. The summed E-state index contributed by atoms with van der Waals surface area (Å²) in [7, 11) is 0. The third kappa shape index (κ3) is 1.67. The Balaban J connectivity index is 2.46. The second-order valence-corrected chi connectivity index (χ2v) is 3.95. The summed E-state index contributed by atoms with van der Waals surface area (Å²) in [6.07, 6.45) is 6.78. The van der Waals surface area contributed by atoms with E-state index in [-0.39, 0.29) is 6.10 Å². The minimum atomic E-state index is -0.334. The van der Waals surface area contributed by atoms with Crippen LogP contribution in [0, 0.1) is 0 Å². The molecule has 14 heavy (non-hydrogen) atoms. The van der Waals surface area contributed by atoms with Gasteiger partial charge in [-0.05, 0) is 42.9 Å². The van der Waals surface area contributed by atoms with Crippen molar-refractivity contribution in [3.05, 3.63) is 29.1 Å². The van der Waals surface area contributed by atoms with Gasteiger partial charge in [0.2, 0.25) is 0 Å². The molecule has 1 unspecified atom stereocenters. The molecule has 1 atom stereocenters. The monoisotopic (exact) mass is 191 g/mol. The van der Waals surface area contributed by atoms with Crippen molar-refractivity contribution in [1.82, 2.24) is 4.98 Å². The predicted octanol–water partition coefficient (Wildman–Crippen LogP) is 2.40. The zero-order valence-corrected chi connectivity index (χ0v) is 8.66. The van der Waals surface area contributed by atoms with Crippen molar-refractivity contribution in [2.45, 2.75) is 45.1 Å². The van der Waals surface area contributed by atoms with Crippen LogP contribution in [0.5, 0.6) is 0 Å². The molecule has 1 aromatic heterocycles. The number of aryl methyl sites for hydroxylation is 1. The van der Waals surface area contributed by atoms with Gasteiger partial charge in [-0.1, -0.05) is 13.3 Å². The second-order valence-electron chi connectivity index (χ2n) is 3.95. The smallest absolute Gasteiger partial charge is 0.0962 e. The van der Waals surface area contributed by atoms with Crippen molar-refractivity contribution in [2.75, 3.05) is 0 Å². The predicted molar refractivity (Wildman–Crippen MR) is 56.1 cm³/mol. The lowest BCUT2D eigenvalue weighted by Crippen LogP contribution is -2.04. The molecule has 2 nitrogen and oxygen atoms in total. The molecule has 1 aliphatic rings. The Morgan fingerprint density at radius 1 is 1.50 bits per heavy atom. The van der Waals surface area contributed by atoms with Gasteiger partial charge >= 0.3 is 0 Å². The third-order valence-electron chi connectivity index (χ3n) is 3.04. The minimum absolute atomic E-state index is 0.334. The van der Waals surface area contributed by atoms with Crippen molar-refractivity contribution >= 4 is 0 Å². The van der Waals surface area contributed by atoms with Crippen LogP contribution in [0.4, 0.5) is 0 Å². The number of hydrogen-bond donors (Lipinski definition) is 1. The zero-order valence-electron chi connectivity index (χ0n) is 8.66. The lowest BCUT2D eigenvalue weighted by molar-refractivity contribution is 0.162. The van der Waals surface area contributed by atoms with E-state index in [1.807, 2.05) is 6.20 Å². The van der Waals surface area contributed by atoms with Crippen LogP contribution >= 0.6 is 0 Å². The first-order valence-corrected chi connectivity index (χ1v) is 5.47. The van der Waals surface area contributed by atoms with Crippen LogP contribution in [-0.4, -0.2) is 10.1 Å². The van der Waals surface area contributed by atoms with Gasteiger partial charge in [-0.15, -0.1) is 0 Å². The molecule has 0 fully saturated rings. The number of rotatable bonds is 1. The highest BCUT2D eigenvalue weighted by atomic mass is 16.3. The summed E-state index contributed by atoms with van der Waals surface area (Å²) in [5.41, 5.74) is 3.60. The lowest BCUT2D eigenvalue weighted by Gasteiger charge is -2.13. The summed E-state index contributed by atoms with van der Waals surface area (Å²) in [4.78, 5) is 4.32. The first-order valence-electron chi connectivity index (χ1n) is 5.47. The summed E-state index contributed by atoms with van der Waals surface area (Å²) in [5, 5.41) is 9.90. The molecule has 0 aromatic carbocycles. The van der Waals surface area contributed by atoms with Crippen LogP contribution in [0.15, 0.2) is 12.3 Å². The molecule has 0 radical (unpaired) electrons. The van der Waals surface area contributed by atoms with Gasteiger partial charge in [-0.25, -0.2) is 0 Å². The fourth-order valence-electron chi connectivity index (χ4n) is 2.23. The van der Waals surface area contributed by atoms with E-state index < -0.39 is 0 Å². The second kappa shape index (κ2) is 4.09. The van der Waals surface area contributed by atoms with E-state index in [4.69, 9.17) is 0 Å². The molecule has 0 spiro atoms. The number of hydrogen-bond acceptors (Lipinski definition) is 2. The van der Waals surface area contributed by atoms with Gasteiger partial charge in [-0.3, -0.25) is 4.98 Å². The number of nitrogens with zero attached hydrogens (tertiary/aromatic N) is 1. The van der Waals surface area contributed by atoms with E-state index >= 15 is 0 Å². The topological polar surface area (TPSA) is 33.1 Å². The van der Waals surface area contributed by atoms with Crippen molar-refractivity contribution in [3.8, 4) is 0 Å². The van der Waals surface area contributed by atoms with E-state index in [1.54, 1.807) is 0 Å². The molecular weight excluding hydrogens is 174 g/mol. The Morgan fingerprint density at radius 3 is 3.14 bits per heavy atom. The largest absolute Gasteiger partial charge is 0.387 e. The standard InChI is InChI=1S/C12H17NO/c1-2-9-7-8-13-12-10(9)5-3-4-6-11(12)14/h7-8,11,14H,2-6H2,1H3. The highest BCUT2D eigenvalue weighted by Crippen LogP contribution is 2.28. The van der Waals surface area contributed by atoms with E-state index in [9.17, 15) is 5.11 Å². The fraction of sp³-hybridized carbons (Fsp3) is 0.583. The van der Waals surface area contributed by atoms with Crippen LogP contribution in [0.25, 0.3) is 0 Å². The van der Waals surface area contributed by atoms with Crippen molar-refractivity contribution in [3.63, 3.8) is 0 Å². The molecule has 0 bridgehead atoms. The molecule has 1 heterocycles. The van der Waals surface area contributed by atoms with Gasteiger partial charge in [0.15, 0.2) is 0 Å².